The third-order valence-electron chi connectivity index (χ3n) is 5.87. The number of carbonyl (C=O) groups is 1. The lowest BCUT2D eigenvalue weighted by Crippen LogP contribution is -2.60. The van der Waals surface area contributed by atoms with Crippen LogP contribution in [0, 0.1) is 11.6 Å². The fraction of sp³-hybridized carbons (Fsp3) is 0.409. The summed E-state index contributed by atoms with van der Waals surface area (Å²) in [6, 6.07) is 7.65. The highest BCUT2D eigenvalue weighted by molar-refractivity contribution is 5.96. The first-order chi connectivity index (χ1) is 14.0. The number of amides is 1. The SMILES string of the molecule is O=C(NC1CCCOC12CCNCC2)c1cc(F)cc(-c2cccc(F)c2O)c1. The van der Waals surface area contributed by atoms with Gasteiger partial charge in [-0.1, -0.05) is 12.1 Å². The second-order valence-corrected chi connectivity index (χ2v) is 7.70. The predicted molar refractivity (Wildman–Crippen MR) is 105 cm³/mol. The number of phenolic OH excluding ortho intramolecular Hbond substituents is 1. The van der Waals surface area contributed by atoms with Gasteiger partial charge in [-0.2, -0.15) is 0 Å². The molecule has 4 rings (SSSR count). The van der Waals surface area contributed by atoms with E-state index < -0.39 is 28.9 Å². The summed E-state index contributed by atoms with van der Waals surface area (Å²) in [5.41, 5.74) is 0.104. The van der Waals surface area contributed by atoms with Crippen molar-refractivity contribution in [3.05, 3.63) is 53.6 Å². The van der Waals surface area contributed by atoms with Crippen molar-refractivity contribution in [3.63, 3.8) is 0 Å². The van der Waals surface area contributed by atoms with E-state index in [1.165, 1.54) is 24.3 Å². The van der Waals surface area contributed by atoms with E-state index in [0.717, 1.165) is 50.9 Å². The van der Waals surface area contributed by atoms with Crippen LogP contribution in [0.2, 0.25) is 0 Å². The summed E-state index contributed by atoms with van der Waals surface area (Å²) >= 11 is 0. The van der Waals surface area contributed by atoms with Crippen LogP contribution in [0.3, 0.4) is 0 Å². The number of aromatic hydroxyl groups is 1. The smallest absolute Gasteiger partial charge is 0.251 e. The van der Waals surface area contributed by atoms with Crippen molar-refractivity contribution in [1.29, 1.82) is 0 Å². The molecule has 2 heterocycles. The molecule has 5 nitrogen and oxygen atoms in total. The molecule has 154 valence electrons. The lowest BCUT2D eigenvalue weighted by molar-refractivity contribution is -0.114. The number of nitrogens with one attached hydrogen (secondary N) is 2. The number of hydrogen-bond acceptors (Lipinski definition) is 4. The second-order valence-electron chi connectivity index (χ2n) is 7.70. The van der Waals surface area contributed by atoms with Gasteiger partial charge in [0, 0.05) is 17.7 Å². The maximum atomic E-state index is 14.2. The molecular formula is C22H24F2N2O3. The van der Waals surface area contributed by atoms with Gasteiger partial charge < -0.3 is 20.5 Å². The van der Waals surface area contributed by atoms with Crippen LogP contribution in [-0.2, 0) is 4.74 Å². The zero-order valence-electron chi connectivity index (χ0n) is 16.0. The molecule has 1 unspecified atom stereocenters. The van der Waals surface area contributed by atoms with E-state index in [2.05, 4.69) is 10.6 Å². The number of rotatable bonds is 3. The van der Waals surface area contributed by atoms with Crippen LogP contribution in [0.5, 0.6) is 5.75 Å². The number of ether oxygens (including phenoxy) is 1. The Morgan fingerprint density at radius 2 is 2.00 bits per heavy atom. The van der Waals surface area contributed by atoms with Crippen LogP contribution in [0.25, 0.3) is 11.1 Å². The molecule has 0 saturated carbocycles. The first-order valence-corrected chi connectivity index (χ1v) is 9.92. The molecule has 29 heavy (non-hydrogen) atoms. The van der Waals surface area contributed by atoms with Crippen LogP contribution in [0.4, 0.5) is 8.78 Å². The summed E-state index contributed by atoms with van der Waals surface area (Å²) < 4.78 is 34.0. The molecule has 1 spiro atoms. The first-order valence-electron chi connectivity index (χ1n) is 9.92. The minimum atomic E-state index is -0.801. The quantitative estimate of drug-likeness (QED) is 0.736. The van der Waals surface area contributed by atoms with Crippen molar-refractivity contribution in [3.8, 4) is 16.9 Å². The van der Waals surface area contributed by atoms with Crippen molar-refractivity contribution in [2.24, 2.45) is 0 Å². The molecule has 2 aromatic rings. The molecule has 3 N–H and O–H groups in total. The lowest BCUT2D eigenvalue weighted by atomic mass is 9.80. The highest BCUT2D eigenvalue weighted by Crippen LogP contribution is 2.35. The minimum absolute atomic E-state index is 0.123. The van der Waals surface area contributed by atoms with E-state index in [-0.39, 0.29) is 22.7 Å². The summed E-state index contributed by atoms with van der Waals surface area (Å²) in [4.78, 5) is 12.9. The number of phenols is 1. The molecule has 1 amide bonds. The standard InChI is InChI=1S/C22H24F2N2O3/c23-16-12-14(17-3-1-4-18(24)20(17)27)11-15(13-16)21(28)26-19-5-2-10-29-22(19)6-8-25-9-7-22/h1,3-4,11-13,19,25,27H,2,5-10H2,(H,26,28). The maximum absolute atomic E-state index is 14.2. The molecule has 0 bridgehead atoms. The van der Waals surface area contributed by atoms with Gasteiger partial charge in [0.05, 0.1) is 11.6 Å². The summed E-state index contributed by atoms with van der Waals surface area (Å²) in [7, 11) is 0. The Morgan fingerprint density at radius 3 is 2.79 bits per heavy atom. The minimum Gasteiger partial charge on any atom is -0.504 e. The summed E-state index contributed by atoms with van der Waals surface area (Å²) in [5.74, 6) is -2.41. The van der Waals surface area contributed by atoms with Gasteiger partial charge in [-0.25, -0.2) is 8.78 Å². The van der Waals surface area contributed by atoms with Crippen molar-refractivity contribution < 1.29 is 23.4 Å². The van der Waals surface area contributed by atoms with Crippen molar-refractivity contribution in [2.45, 2.75) is 37.3 Å². The predicted octanol–water partition coefficient (Wildman–Crippen LogP) is 3.37. The Hall–Kier alpha value is -2.51. The van der Waals surface area contributed by atoms with E-state index in [4.69, 9.17) is 4.74 Å². The van der Waals surface area contributed by atoms with Gasteiger partial charge in [0.15, 0.2) is 11.6 Å². The van der Waals surface area contributed by atoms with E-state index in [1.54, 1.807) is 0 Å². The fourth-order valence-electron chi connectivity index (χ4n) is 4.34. The molecular weight excluding hydrogens is 378 g/mol. The van der Waals surface area contributed by atoms with Crippen LogP contribution in [0.1, 0.15) is 36.0 Å². The topological polar surface area (TPSA) is 70.6 Å². The van der Waals surface area contributed by atoms with Crippen LogP contribution < -0.4 is 10.6 Å². The Labute approximate surface area is 168 Å². The van der Waals surface area contributed by atoms with Gasteiger partial charge in [-0.05, 0) is 68.6 Å². The number of benzene rings is 2. The normalized spacial score (nSPS) is 21.1. The largest absolute Gasteiger partial charge is 0.504 e. The van der Waals surface area contributed by atoms with Crippen LogP contribution in [-0.4, -0.2) is 42.4 Å². The monoisotopic (exact) mass is 402 g/mol. The van der Waals surface area contributed by atoms with E-state index >= 15 is 0 Å². The molecule has 0 aliphatic carbocycles. The molecule has 2 aromatic carbocycles. The molecule has 2 fully saturated rings. The van der Waals surface area contributed by atoms with Gasteiger partial charge in [0.2, 0.25) is 0 Å². The Balaban J connectivity index is 1.60. The Bertz CT molecular complexity index is 905. The summed E-state index contributed by atoms with van der Waals surface area (Å²) in [6.07, 6.45) is 3.28. The summed E-state index contributed by atoms with van der Waals surface area (Å²) in [6.45, 7) is 2.33. The second kappa shape index (κ2) is 8.08. The number of para-hydroxylation sites is 1. The lowest BCUT2D eigenvalue weighted by Gasteiger charge is -2.46. The zero-order valence-corrected chi connectivity index (χ0v) is 16.0. The van der Waals surface area contributed by atoms with Gasteiger partial charge in [-0.3, -0.25) is 4.79 Å². The zero-order chi connectivity index (χ0) is 20.4. The molecule has 1 atom stereocenters. The molecule has 2 aliphatic rings. The van der Waals surface area contributed by atoms with Crippen molar-refractivity contribution in [1.82, 2.24) is 10.6 Å². The average Bonchev–Trinajstić information content (AvgIpc) is 2.72. The van der Waals surface area contributed by atoms with Gasteiger partial charge in [-0.15, -0.1) is 0 Å². The van der Waals surface area contributed by atoms with Crippen LogP contribution in [0.15, 0.2) is 36.4 Å². The maximum Gasteiger partial charge on any atom is 0.251 e. The summed E-state index contributed by atoms with van der Waals surface area (Å²) in [5, 5.41) is 16.3. The molecule has 2 aliphatic heterocycles. The van der Waals surface area contributed by atoms with Crippen LogP contribution >= 0.6 is 0 Å². The van der Waals surface area contributed by atoms with Gasteiger partial charge in [0.1, 0.15) is 5.82 Å². The third-order valence-corrected chi connectivity index (χ3v) is 5.87. The van der Waals surface area contributed by atoms with E-state index in [0.29, 0.717) is 6.61 Å². The van der Waals surface area contributed by atoms with E-state index in [1.807, 2.05) is 0 Å². The molecule has 7 heteroatoms. The highest BCUT2D eigenvalue weighted by atomic mass is 19.1. The van der Waals surface area contributed by atoms with Gasteiger partial charge in [0.25, 0.3) is 5.91 Å². The molecule has 0 radical (unpaired) electrons. The van der Waals surface area contributed by atoms with E-state index in [9.17, 15) is 18.7 Å². The van der Waals surface area contributed by atoms with Gasteiger partial charge >= 0.3 is 0 Å². The van der Waals surface area contributed by atoms with Crippen molar-refractivity contribution >= 4 is 5.91 Å². The number of piperidine rings is 1. The third kappa shape index (κ3) is 3.97. The first kappa shape index (κ1) is 19.8. The number of carbonyl (C=O) groups excluding carboxylic acids is 1. The highest BCUT2D eigenvalue weighted by Gasteiger charge is 2.43. The molecule has 2 saturated heterocycles. The number of halogens is 2. The fourth-order valence-corrected chi connectivity index (χ4v) is 4.34. The molecule has 0 aromatic heterocycles. The Kier molecular flexibility index (Phi) is 5.52. The average molecular weight is 402 g/mol. The Morgan fingerprint density at radius 1 is 1.21 bits per heavy atom. The number of hydrogen-bond donors (Lipinski definition) is 3. The van der Waals surface area contributed by atoms with Crippen molar-refractivity contribution in [2.75, 3.05) is 19.7 Å².